The first-order chi connectivity index (χ1) is 7.93. The van der Waals surface area contributed by atoms with Crippen LogP contribution in [0.2, 0.25) is 0 Å². The zero-order valence-corrected chi connectivity index (χ0v) is 9.08. The predicted octanol–water partition coefficient (Wildman–Crippen LogP) is 3.10. The minimum Gasteiger partial charge on any atom is -0.261 e. The normalized spacial score (nSPS) is 27.4. The summed E-state index contributed by atoms with van der Waals surface area (Å²) in [6.07, 6.45) is 12.5. The Balaban J connectivity index is 1.85. The minimum absolute atomic E-state index is 0.491. The quantitative estimate of drug-likeness (QED) is 0.699. The molecule has 0 amide bonds. The molecule has 0 fully saturated rings. The third-order valence-corrected chi connectivity index (χ3v) is 3.29. The molecule has 1 aromatic heterocycles. The van der Waals surface area contributed by atoms with E-state index in [4.69, 9.17) is 0 Å². The topological polar surface area (TPSA) is 25.2 Å². The Kier molecular flexibility index (Phi) is 2.41. The van der Waals surface area contributed by atoms with Gasteiger partial charge in [0.25, 0.3) is 0 Å². The van der Waals surface area contributed by atoms with Crippen LogP contribution in [-0.4, -0.2) is 11.2 Å². The van der Waals surface area contributed by atoms with Gasteiger partial charge in [-0.2, -0.15) is 0 Å². The van der Waals surface area contributed by atoms with Crippen LogP contribution in [0.25, 0.3) is 0 Å². The van der Waals surface area contributed by atoms with Crippen LogP contribution in [0.1, 0.15) is 24.5 Å². The second kappa shape index (κ2) is 4.05. The highest BCUT2D eigenvalue weighted by Gasteiger charge is 2.24. The maximum atomic E-state index is 4.45. The van der Waals surface area contributed by atoms with E-state index in [0.29, 0.717) is 11.8 Å². The highest BCUT2D eigenvalue weighted by atomic mass is 14.8. The summed E-state index contributed by atoms with van der Waals surface area (Å²) in [4.78, 5) is 8.86. The van der Waals surface area contributed by atoms with Gasteiger partial charge in [0, 0.05) is 35.6 Å². The number of nitrogens with zero attached hydrogens (tertiary/aromatic N) is 2. The zero-order chi connectivity index (χ0) is 10.8. The summed E-state index contributed by atoms with van der Waals surface area (Å²) in [5.74, 6) is 1.04. The molecule has 1 aliphatic carbocycles. The average molecular weight is 210 g/mol. The van der Waals surface area contributed by atoms with Gasteiger partial charge in [-0.15, -0.1) is 0 Å². The molecule has 2 unspecified atom stereocenters. The van der Waals surface area contributed by atoms with Crippen molar-refractivity contribution in [3.05, 3.63) is 54.0 Å². The molecule has 1 aliphatic heterocycles. The Morgan fingerprint density at radius 1 is 1.25 bits per heavy atom. The third kappa shape index (κ3) is 1.71. The van der Waals surface area contributed by atoms with Gasteiger partial charge < -0.3 is 0 Å². The van der Waals surface area contributed by atoms with Gasteiger partial charge in [0.2, 0.25) is 0 Å². The number of aromatic nitrogens is 1. The van der Waals surface area contributed by atoms with Crippen LogP contribution < -0.4 is 0 Å². The van der Waals surface area contributed by atoms with Crippen LogP contribution in [0.5, 0.6) is 0 Å². The van der Waals surface area contributed by atoms with Gasteiger partial charge in [0.1, 0.15) is 0 Å². The first kappa shape index (κ1) is 9.52. The molecule has 0 saturated carbocycles. The van der Waals surface area contributed by atoms with Crippen molar-refractivity contribution in [2.45, 2.75) is 18.8 Å². The van der Waals surface area contributed by atoms with Crippen LogP contribution in [0, 0.1) is 5.92 Å². The number of dihydropyridines is 1. The summed E-state index contributed by atoms with van der Waals surface area (Å²) in [5.41, 5.74) is 2.44. The van der Waals surface area contributed by atoms with E-state index in [1.807, 2.05) is 24.6 Å². The van der Waals surface area contributed by atoms with Crippen LogP contribution >= 0.6 is 0 Å². The lowest BCUT2D eigenvalue weighted by Crippen LogP contribution is -2.15. The summed E-state index contributed by atoms with van der Waals surface area (Å²) >= 11 is 0. The average Bonchev–Trinajstić information content (AvgIpc) is 2.39. The zero-order valence-electron chi connectivity index (χ0n) is 9.08. The number of aliphatic imine (C=N–C) groups is 1. The maximum Gasteiger partial charge on any atom is 0.0437 e. The summed E-state index contributed by atoms with van der Waals surface area (Å²) < 4.78 is 0. The Morgan fingerprint density at radius 3 is 3.12 bits per heavy atom. The molecule has 2 atom stereocenters. The van der Waals surface area contributed by atoms with Gasteiger partial charge in [0.15, 0.2) is 0 Å². The second-order valence-corrected chi connectivity index (χ2v) is 4.32. The molecule has 1 aromatic rings. The van der Waals surface area contributed by atoms with Crippen molar-refractivity contribution in [3.63, 3.8) is 0 Å². The number of fused-ring (bicyclic) bond motifs is 1. The molecule has 2 heterocycles. The molecular formula is C14H14N2. The Labute approximate surface area is 95.4 Å². The summed E-state index contributed by atoms with van der Waals surface area (Å²) in [5, 5.41) is 0. The molecule has 0 saturated heterocycles. The fourth-order valence-corrected chi connectivity index (χ4v) is 2.44. The number of pyridine rings is 1. The lowest BCUT2D eigenvalue weighted by Gasteiger charge is -2.26. The van der Waals surface area contributed by atoms with Crippen LogP contribution in [0.4, 0.5) is 0 Å². The maximum absolute atomic E-state index is 4.45. The molecule has 2 heteroatoms. The van der Waals surface area contributed by atoms with Gasteiger partial charge in [-0.3, -0.25) is 9.98 Å². The predicted molar refractivity (Wildman–Crippen MR) is 65.4 cm³/mol. The summed E-state index contributed by atoms with van der Waals surface area (Å²) in [7, 11) is 0. The van der Waals surface area contributed by atoms with Crippen LogP contribution in [-0.2, 0) is 0 Å². The van der Waals surface area contributed by atoms with E-state index < -0.39 is 0 Å². The molecular weight excluding hydrogens is 196 g/mol. The van der Waals surface area contributed by atoms with E-state index in [9.17, 15) is 0 Å². The molecule has 0 N–H and O–H groups in total. The van der Waals surface area contributed by atoms with Crippen molar-refractivity contribution in [2.75, 3.05) is 0 Å². The van der Waals surface area contributed by atoms with E-state index in [0.717, 1.165) is 12.8 Å². The van der Waals surface area contributed by atoms with E-state index in [2.05, 4.69) is 34.3 Å². The van der Waals surface area contributed by atoms with Crippen molar-refractivity contribution < 1.29 is 0 Å². The van der Waals surface area contributed by atoms with E-state index >= 15 is 0 Å². The molecule has 0 aromatic carbocycles. The van der Waals surface area contributed by atoms with Gasteiger partial charge >= 0.3 is 0 Å². The smallest absolute Gasteiger partial charge is 0.0437 e. The Bertz CT molecular complexity index is 457. The molecule has 2 nitrogen and oxygen atoms in total. The van der Waals surface area contributed by atoms with E-state index in [1.54, 1.807) is 0 Å². The Hall–Kier alpha value is -1.70. The molecule has 0 spiro atoms. The fourth-order valence-electron chi connectivity index (χ4n) is 2.44. The highest BCUT2D eigenvalue weighted by Crippen LogP contribution is 2.36. The highest BCUT2D eigenvalue weighted by molar-refractivity contribution is 5.74. The van der Waals surface area contributed by atoms with Crippen molar-refractivity contribution in [3.8, 4) is 0 Å². The van der Waals surface area contributed by atoms with Crippen LogP contribution in [0.3, 0.4) is 0 Å². The molecule has 0 radical (unpaired) electrons. The van der Waals surface area contributed by atoms with Crippen molar-refractivity contribution in [2.24, 2.45) is 10.9 Å². The monoisotopic (exact) mass is 210 g/mol. The van der Waals surface area contributed by atoms with Gasteiger partial charge in [-0.25, -0.2) is 0 Å². The van der Waals surface area contributed by atoms with Gasteiger partial charge in [-0.1, -0.05) is 18.2 Å². The molecule has 3 rings (SSSR count). The minimum atomic E-state index is 0.491. The second-order valence-electron chi connectivity index (χ2n) is 4.32. The summed E-state index contributed by atoms with van der Waals surface area (Å²) in [6.45, 7) is 0. The Morgan fingerprint density at radius 2 is 2.25 bits per heavy atom. The fraction of sp³-hybridized carbons (Fsp3) is 0.286. The van der Waals surface area contributed by atoms with Crippen LogP contribution in [0.15, 0.2) is 53.3 Å². The standard InChI is InChI=1S/C14H14N2/c1-2-8-15-13(5-1)12-6-7-14-11(10-12)4-3-9-16-14/h1-5,7-9,11-12H,6,10H2. The largest absolute Gasteiger partial charge is 0.261 e. The molecule has 16 heavy (non-hydrogen) atoms. The number of hydrogen-bond donors (Lipinski definition) is 0. The SMILES string of the molecule is C1=CC2CC(c3ccccn3)CC=C2N=C1. The molecule has 80 valence electrons. The first-order valence-corrected chi connectivity index (χ1v) is 5.75. The van der Waals surface area contributed by atoms with Crippen molar-refractivity contribution >= 4 is 6.21 Å². The lowest BCUT2D eigenvalue weighted by atomic mass is 9.81. The van der Waals surface area contributed by atoms with Gasteiger partial charge in [0.05, 0.1) is 0 Å². The third-order valence-electron chi connectivity index (χ3n) is 3.29. The number of rotatable bonds is 1. The number of allylic oxidation sites excluding steroid dienone is 3. The molecule has 0 bridgehead atoms. The lowest BCUT2D eigenvalue weighted by molar-refractivity contribution is 0.511. The molecule has 2 aliphatic rings. The van der Waals surface area contributed by atoms with Crippen molar-refractivity contribution in [1.29, 1.82) is 0 Å². The summed E-state index contributed by atoms with van der Waals surface area (Å²) in [6, 6.07) is 6.16. The number of hydrogen-bond acceptors (Lipinski definition) is 2. The van der Waals surface area contributed by atoms with E-state index in [1.165, 1.54) is 11.4 Å². The van der Waals surface area contributed by atoms with Gasteiger partial charge in [-0.05, 0) is 31.1 Å². The van der Waals surface area contributed by atoms with E-state index in [-0.39, 0.29) is 0 Å². The van der Waals surface area contributed by atoms with Crippen molar-refractivity contribution in [1.82, 2.24) is 4.98 Å². The first-order valence-electron chi connectivity index (χ1n) is 5.75.